The van der Waals surface area contributed by atoms with E-state index in [2.05, 4.69) is 68.4 Å². The third kappa shape index (κ3) is 2.65. The molecule has 1 aromatic carbocycles. The minimum atomic E-state index is 0.388. The van der Waals surface area contributed by atoms with Crippen molar-refractivity contribution >= 4 is 22.7 Å². The molecule has 0 saturated heterocycles. The van der Waals surface area contributed by atoms with Gasteiger partial charge in [-0.15, -0.1) is 22.7 Å². The van der Waals surface area contributed by atoms with E-state index < -0.39 is 0 Å². The Kier molecular flexibility index (Phi) is 3.54. The van der Waals surface area contributed by atoms with Crippen molar-refractivity contribution in [3.8, 4) is 0 Å². The topological polar surface area (TPSA) is 0 Å². The Labute approximate surface area is 122 Å². The largest absolute Gasteiger partial charge is 0.145 e. The average molecular weight is 284 g/mol. The zero-order valence-electron chi connectivity index (χ0n) is 11.1. The molecule has 96 valence electrons. The lowest BCUT2D eigenvalue weighted by atomic mass is 9.96. The fraction of sp³-hybridized carbons (Fsp3) is 0.176. The van der Waals surface area contributed by atoms with Crippen molar-refractivity contribution in [3.05, 3.63) is 79.7 Å². The molecule has 0 aliphatic heterocycles. The van der Waals surface area contributed by atoms with Gasteiger partial charge in [-0.05, 0) is 43.7 Å². The SMILES string of the molecule is Cc1ccc(C(c2ccccc2)c2ccc(C)s2)s1. The number of aryl methyl sites for hydroxylation is 2. The van der Waals surface area contributed by atoms with Crippen molar-refractivity contribution in [1.82, 2.24) is 0 Å². The van der Waals surface area contributed by atoms with Crippen LogP contribution in [0.4, 0.5) is 0 Å². The third-order valence-corrected chi connectivity index (χ3v) is 5.36. The highest BCUT2D eigenvalue weighted by molar-refractivity contribution is 7.13. The van der Waals surface area contributed by atoms with Crippen molar-refractivity contribution < 1.29 is 0 Å². The zero-order chi connectivity index (χ0) is 13.2. The summed E-state index contributed by atoms with van der Waals surface area (Å²) in [5.41, 5.74) is 1.38. The molecule has 0 aliphatic carbocycles. The molecule has 0 nitrogen and oxygen atoms in total. The van der Waals surface area contributed by atoms with Crippen LogP contribution in [0.2, 0.25) is 0 Å². The summed E-state index contributed by atoms with van der Waals surface area (Å²) in [6.45, 7) is 4.35. The van der Waals surface area contributed by atoms with E-state index >= 15 is 0 Å². The van der Waals surface area contributed by atoms with Gasteiger partial charge < -0.3 is 0 Å². The summed E-state index contributed by atoms with van der Waals surface area (Å²) in [6.07, 6.45) is 0. The van der Waals surface area contributed by atoms with Crippen LogP contribution in [0.15, 0.2) is 54.6 Å². The van der Waals surface area contributed by atoms with E-state index in [0.717, 1.165) is 0 Å². The van der Waals surface area contributed by atoms with Gasteiger partial charge in [-0.25, -0.2) is 0 Å². The second-order valence-electron chi connectivity index (χ2n) is 4.74. The number of thiophene rings is 2. The number of hydrogen-bond donors (Lipinski definition) is 0. The van der Waals surface area contributed by atoms with Crippen LogP contribution in [0, 0.1) is 13.8 Å². The number of benzene rings is 1. The second-order valence-corrected chi connectivity index (χ2v) is 7.38. The monoisotopic (exact) mass is 284 g/mol. The Morgan fingerprint density at radius 2 is 1.21 bits per heavy atom. The molecular weight excluding hydrogens is 268 g/mol. The highest BCUT2D eigenvalue weighted by Crippen LogP contribution is 2.38. The Balaban J connectivity index is 2.11. The highest BCUT2D eigenvalue weighted by Gasteiger charge is 2.19. The normalized spacial score (nSPS) is 11.1. The molecule has 0 radical (unpaired) electrons. The van der Waals surface area contributed by atoms with Gasteiger partial charge in [0.2, 0.25) is 0 Å². The second kappa shape index (κ2) is 5.32. The first-order valence-electron chi connectivity index (χ1n) is 6.41. The molecular formula is C17H16S2. The molecule has 2 heteroatoms. The van der Waals surface area contributed by atoms with E-state index in [1.54, 1.807) is 0 Å². The lowest BCUT2D eigenvalue weighted by Gasteiger charge is -2.14. The minimum absolute atomic E-state index is 0.388. The van der Waals surface area contributed by atoms with E-state index in [1.165, 1.54) is 25.1 Å². The summed E-state index contributed by atoms with van der Waals surface area (Å²) < 4.78 is 0. The summed E-state index contributed by atoms with van der Waals surface area (Å²) in [4.78, 5) is 5.63. The summed E-state index contributed by atoms with van der Waals surface area (Å²) in [5.74, 6) is 0.388. The molecule has 2 aromatic heterocycles. The van der Waals surface area contributed by atoms with Crippen LogP contribution < -0.4 is 0 Å². The van der Waals surface area contributed by atoms with Crippen molar-refractivity contribution in [2.45, 2.75) is 19.8 Å². The zero-order valence-corrected chi connectivity index (χ0v) is 12.7. The third-order valence-electron chi connectivity index (χ3n) is 3.22. The van der Waals surface area contributed by atoms with Gasteiger partial charge >= 0.3 is 0 Å². The van der Waals surface area contributed by atoms with E-state index in [-0.39, 0.29) is 0 Å². The predicted octanol–water partition coefficient (Wildman–Crippen LogP) is 5.61. The van der Waals surface area contributed by atoms with Crippen LogP contribution in [0.5, 0.6) is 0 Å². The first kappa shape index (κ1) is 12.6. The van der Waals surface area contributed by atoms with Gasteiger partial charge in [-0.3, -0.25) is 0 Å². The van der Waals surface area contributed by atoms with Gasteiger partial charge in [-0.1, -0.05) is 30.3 Å². The molecule has 0 N–H and O–H groups in total. The smallest absolute Gasteiger partial charge is 0.0527 e. The molecule has 0 amide bonds. The fourth-order valence-corrected chi connectivity index (χ4v) is 4.46. The Bertz CT molecular complexity index is 621. The van der Waals surface area contributed by atoms with Gasteiger partial charge in [0, 0.05) is 19.5 Å². The highest BCUT2D eigenvalue weighted by atomic mass is 32.1. The van der Waals surface area contributed by atoms with Crippen molar-refractivity contribution in [2.75, 3.05) is 0 Å². The molecule has 0 fully saturated rings. The van der Waals surface area contributed by atoms with E-state index in [4.69, 9.17) is 0 Å². The summed E-state index contributed by atoms with van der Waals surface area (Å²) in [6, 6.07) is 19.8. The van der Waals surface area contributed by atoms with Crippen molar-refractivity contribution in [1.29, 1.82) is 0 Å². The summed E-state index contributed by atoms with van der Waals surface area (Å²) >= 11 is 3.80. The number of hydrogen-bond acceptors (Lipinski definition) is 2. The molecule has 0 bridgehead atoms. The lowest BCUT2D eigenvalue weighted by molar-refractivity contribution is 1.04. The molecule has 0 unspecified atom stereocenters. The maximum Gasteiger partial charge on any atom is 0.0527 e. The molecule has 3 rings (SSSR count). The van der Waals surface area contributed by atoms with Gasteiger partial charge in [0.05, 0.1) is 5.92 Å². The Morgan fingerprint density at radius 1 is 0.684 bits per heavy atom. The van der Waals surface area contributed by atoms with Crippen molar-refractivity contribution in [2.24, 2.45) is 0 Å². The van der Waals surface area contributed by atoms with E-state index in [0.29, 0.717) is 5.92 Å². The lowest BCUT2D eigenvalue weighted by Crippen LogP contribution is -1.98. The molecule has 0 atom stereocenters. The quantitative estimate of drug-likeness (QED) is 0.586. The standard InChI is InChI=1S/C17H16S2/c1-12-8-10-15(18-12)17(14-6-4-3-5-7-14)16-11-9-13(2)19-16/h3-11,17H,1-2H3. The molecule has 19 heavy (non-hydrogen) atoms. The van der Waals surface area contributed by atoms with Gasteiger partial charge in [0.1, 0.15) is 0 Å². The predicted molar refractivity (Wildman–Crippen MR) is 85.5 cm³/mol. The summed E-state index contributed by atoms with van der Waals surface area (Å²) in [7, 11) is 0. The first-order chi connectivity index (χ1) is 9.24. The molecule has 0 saturated carbocycles. The maximum atomic E-state index is 2.27. The summed E-state index contributed by atoms with van der Waals surface area (Å²) in [5, 5.41) is 0. The Hall–Kier alpha value is -1.38. The molecule has 0 aliphatic rings. The van der Waals surface area contributed by atoms with Crippen LogP contribution >= 0.6 is 22.7 Å². The number of rotatable bonds is 3. The fourth-order valence-electron chi connectivity index (χ4n) is 2.33. The maximum absolute atomic E-state index is 2.27. The van der Waals surface area contributed by atoms with Crippen LogP contribution in [-0.4, -0.2) is 0 Å². The first-order valence-corrected chi connectivity index (χ1v) is 8.05. The van der Waals surface area contributed by atoms with Gasteiger partial charge in [0.25, 0.3) is 0 Å². The molecule has 2 heterocycles. The van der Waals surface area contributed by atoms with Crippen LogP contribution in [0.25, 0.3) is 0 Å². The average Bonchev–Trinajstić information content (AvgIpc) is 3.01. The van der Waals surface area contributed by atoms with E-state index in [9.17, 15) is 0 Å². The Morgan fingerprint density at radius 3 is 1.63 bits per heavy atom. The van der Waals surface area contributed by atoms with Gasteiger partial charge in [0.15, 0.2) is 0 Å². The van der Waals surface area contributed by atoms with Crippen molar-refractivity contribution in [3.63, 3.8) is 0 Å². The van der Waals surface area contributed by atoms with Crippen LogP contribution in [0.1, 0.15) is 31.0 Å². The van der Waals surface area contributed by atoms with E-state index in [1.807, 2.05) is 22.7 Å². The van der Waals surface area contributed by atoms with Crippen LogP contribution in [-0.2, 0) is 0 Å². The minimum Gasteiger partial charge on any atom is -0.145 e. The van der Waals surface area contributed by atoms with Crippen LogP contribution in [0.3, 0.4) is 0 Å². The molecule has 3 aromatic rings. The molecule has 0 spiro atoms. The van der Waals surface area contributed by atoms with Gasteiger partial charge in [-0.2, -0.15) is 0 Å².